The molecule has 262 valence electrons. The molecule has 0 saturated carbocycles. The number of aromatic nitrogens is 4. The van der Waals surface area contributed by atoms with Crippen LogP contribution in [-0.2, 0) is 0 Å². The highest BCUT2D eigenvalue weighted by Gasteiger charge is 2.17. The summed E-state index contributed by atoms with van der Waals surface area (Å²) in [6.45, 7) is 0. The van der Waals surface area contributed by atoms with E-state index in [2.05, 4.69) is 167 Å². The Morgan fingerprint density at radius 2 is 0.679 bits per heavy atom. The number of rotatable bonds is 7. The van der Waals surface area contributed by atoms with Crippen LogP contribution in [0.4, 0.5) is 0 Å². The fourth-order valence-corrected chi connectivity index (χ4v) is 7.60. The zero-order valence-electron chi connectivity index (χ0n) is 30.3. The maximum atomic E-state index is 9.48. The highest BCUT2D eigenvalue weighted by atomic mass is 15.1. The van der Waals surface area contributed by atoms with E-state index in [1.807, 2.05) is 48.5 Å². The van der Waals surface area contributed by atoms with Crippen molar-refractivity contribution in [2.75, 3.05) is 0 Å². The summed E-state index contributed by atoms with van der Waals surface area (Å²) >= 11 is 0. The molecule has 0 aliphatic rings. The van der Waals surface area contributed by atoms with E-state index < -0.39 is 0 Å². The predicted octanol–water partition coefficient (Wildman–Crippen LogP) is 12.6. The van der Waals surface area contributed by atoms with Gasteiger partial charge in [0.15, 0.2) is 0 Å². The van der Waals surface area contributed by atoms with Crippen molar-refractivity contribution in [3.63, 3.8) is 0 Å². The first-order chi connectivity index (χ1) is 27.7. The Balaban J connectivity index is 1.06. The van der Waals surface area contributed by atoms with Crippen molar-refractivity contribution < 1.29 is 0 Å². The average Bonchev–Trinajstić information content (AvgIpc) is 3.87. The lowest BCUT2D eigenvalue weighted by Gasteiger charge is -2.13. The Morgan fingerprint density at radius 1 is 0.339 bits per heavy atom. The Morgan fingerprint density at radius 3 is 1.07 bits per heavy atom. The van der Waals surface area contributed by atoms with Crippen LogP contribution in [0.3, 0.4) is 0 Å². The van der Waals surface area contributed by atoms with E-state index in [9.17, 15) is 5.26 Å². The summed E-state index contributed by atoms with van der Waals surface area (Å²) in [6, 6.07) is 71.5. The minimum absolute atomic E-state index is 0.638. The molecule has 0 saturated heterocycles. The molecule has 0 atom stereocenters. The number of para-hydroxylation sites is 6. The largest absolute Gasteiger partial charge is 0.292 e. The molecule has 5 heteroatoms. The molecule has 56 heavy (non-hydrogen) atoms. The minimum Gasteiger partial charge on any atom is -0.292 e. The van der Waals surface area contributed by atoms with Crippen LogP contribution >= 0.6 is 0 Å². The van der Waals surface area contributed by atoms with Gasteiger partial charge >= 0.3 is 0 Å². The zero-order chi connectivity index (χ0) is 37.4. The van der Waals surface area contributed by atoms with Crippen LogP contribution in [-0.4, -0.2) is 19.1 Å². The van der Waals surface area contributed by atoms with Gasteiger partial charge in [0.1, 0.15) is 11.6 Å². The lowest BCUT2D eigenvalue weighted by atomic mass is 9.92. The van der Waals surface area contributed by atoms with Crippen molar-refractivity contribution in [1.82, 2.24) is 19.1 Å². The molecular weight excluding hydrogens is 683 g/mol. The van der Waals surface area contributed by atoms with E-state index in [1.165, 1.54) is 0 Å². The highest BCUT2D eigenvalue weighted by Crippen LogP contribution is 2.36. The monoisotopic (exact) mass is 715 g/mol. The molecule has 0 N–H and O–H groups in total. The number of hydrogen-bond donors (Lipinski definition) is 0. The lowest BCUT2D eigenvalue weighted by Crippen LogP contribution is -1.97. The zero-order valence-corrected chi connectivity index (χ0v) is 30.3. The molecule has 0 fully saturated rings. The van der Waals surface area contributed by atoms with Crippen LogP contribution in [0, 0.1) is 11.3 Å². The van der Waals surface area contributed by atoms with Crippen LogP contribution in [0.15, 0.2) is 200 Å². The molecule has 10 aromatic rings. The van der Waals surface area contributed by atoms with Gasteiger partial charge in [0.2, 0.25) is 0 Å². The molecule has 0 aliphatic heterocycles. The van der Waals surface area contributed by atoms with Gasteiger partial charge in [0, 0.05) is 22.5 Å². The number of fused-ring (bicyclic) bond motifs is 2. The van der Waals surface area contributed by atoms with Crippen molar-refractivity contribution in [1.29, 1.82) is 5.26 Å². The molecule has 0 bridgehead atoms. The SMILES string of the molecule is N#Cc1ccc(-c2cc(-c3ccc(-c4nc5ccccc5n4-c4ccccc4)cc3)cc(-c3ccc(-c4nc5ccccc5n4-c4ccccc4)cc3)c2)cc1. The summed E-state index contributed by atoms with van der Waals surface area (Å²) in [5, 5.41) is 9.48. The Bertz CT molecular complexity index is 2860. The van der Waals surface area contributed by atoms with E-state index in [0.29, 0.717) is 5.56 Å². The molecule has 0 spiro atoms. The quantitative estimate of drug-likeness (QED) is 0.165. The summed E-state index contributed by atoms with van der Waals surface area (Å²) in [4.78, 5) is 10.2. The summed E-state index contributed by atoms with van der Waals surface area (Å²) in [6.07, 6.45) is 0. The van der Waals surface area contributed by atoms with Crippen LogP contribution in [0.1, 0.15) is 5.56 Å². The Kier molecular flexibility index (Phi) is 8.13. The molecule has 2 heterocycles. The van der Waals surface area contributed by atoms with Crippen LogP contribution < -0.4 is 0 Å². The molecule has 2 aromatic heterocycles. The van der Waals surface area contributed by atoms with Crippen LogP contribution in [0.5, 0.6) is 0 Å². The second-order valence-corrected chi connectivity index (χ2v) is 13.8. The summed E-state index contributed by atoms with van der Waals surface area (Å²) in [5.41, 5.74) is 15.4. The maximum absolute atomic E-state index is 9.48. The Hall–Kier alpha value is -7.81. The molecule has 0 aliphatic carbocycles. The van der Waals surface area contributed by atoms with Crippen molar-refractivity contribution >= 4 is 22.1 Å². The standard InChI is InChI=1S/C51H33N5/c52-34-35-19-21-36(22-20-35)41-31-42(37-23-27-39(28-24-37)50-53-46-15-7-9-17-48(46)55(50)44-11-3-1-4-12-44)33-43(32-41)38-25-29-40(30-26-38)51-54-47-16-8-10-18-49(47)56(51)45-13-5-2-6-14-45/h1-33H. The Labute approximate surface area is 324 Å². The fourth-order valence-electron chi connectivity index (χ4n) is 7.60. The number of hydrogen-bond acceptors (Lipinski definition) is 3. The van der Waals surface area contributed by atoms with Crippen molar-refractivity contribution in [2.45, 2.75) is 0 Å². The van der Waals surface area contributed by atoms with E-state index >= 15 is 0 Å². The second kappa shape index (κ2) is 13.9. The van der Waals surface area contributed by atoms with Gasteiger partial charge in [-0.3, -0.25) is 9.13 Å². The topological polar surface area (TPSA) is 59.4 Å². The van der Waals surface area contributed by atoms with E-state index in [0.717, 1.165) is 89.6 Å². The van der Waals surface area contributed by atoms with Gasteiger partial charge in [-0.25, -0.2) is 9.97 Å². The second-order valence-electron chi connectivity index (χ2n) is 13.8. The van der Waals surface area contributed by atoms with Crippen molar-refractivity contribution in [3.8, 4) is 73.6 Å². The highest BCUT2D eigenvalue weighted by molar-refractivity contribution is 5.87. The lowest BCUT2D eigenvalue weighted by molar-refractivity contribution is 1.10. The number of nitrogens with zero attached hydrogens (tertiary/aromatic N) is 5. The van der Waals surface area contributed by atoms with Crippen LogP contribution in [0.2, 0.25) is 0 Å². The predicted molar refractivity (Wildman–Crippen MR) is 228 cm³/mol. The van der Waals surface area contributed by atoms with Gasteiger partial charge in [-0.1, -0.05) is 121 Å². The number of imidazole rings is 2. The van der Waals surface area contributed by atoms with Crippen LogP contribution in [0.25, 0.3) is 89.6 Å². The van der Waals surface area contributed by atoms with Gasteiger partial charge in [0.05, 0.1) is 33.7 Å². The smallest absolute Gasteiger partial charge is 0.145 e. The van der Waals surface area contributed by atoms with E-state index in [1.54, 1.807) is 0 Å². The van der Waals surface area contributed by atoms with Gasteiger partial charge in [-0.15, -0.1) is 0 Å². The first kappa shape index (κ1) is 32.8. The van der Waals surface area contributed by atoms with Crippen molar-refractivity contribution in [2.24, 2.45) is 0 Å². The molecule has 0 unspecified atom stereocenters. The maximum Gasteiger partial charge on any atom is 0.145 e. The third kappa shape index (κ3) is 5.92. The summed E-state index contributed by atoms with van der Waals surface area (Å²) < 4.78 is 4.46. The normalized spacial score (nSPS) is 11.2. The van der Waals surface area contributed by atoms with Gasteiger partial charge in [-0.05, 0) is 112 Å². The third-order valence-electron chi connectivity index (χ3n) is 10.4. The first-order valence-electron chi connectivity index (χ1n) is 18.6. The van der Waals surface area contributed by atoms with E-state index in [-0.39, 0.29) is 0 Å². The fraction of sp³-hybridized carbons (Fsp3) is 0. The number of nitriles is 1. The van der Waals surface area contributed by atoms with E-state index in [4.69, 9.17) is 9.97 Å². The van der Waals surface area contributed by atoms with Crippen molar-refractivity contribution in [3.05, 3.63) is 206 Å². The molecule has 10 rings (SSSR count). The third-order valence-corrected chi connectivity index (χ3v) is 10.4. The summed E-state index contributed by atoms with van der Waals surface area (Å²) in [5.74, 6) is 1.80. The average molecular weight is 716 g/mol. The number of benzene rings is 8. The molecule has 8 aromatic carbocycles. The molecule has 0 radical (unpaired) electrons. The molecule has 0 amide bonds. The van der Waals surface area contributed by atoms with Gasteiger partial charge in [0.25, 0.3) is 0 Å². The van der Waals surface area contributed by atoms with Gasteiger partial charge in [-0.2, -0.15) is 5.26 Å². The minimum atomic E-state index is 0.638. The molecule has 5 nitrogen and oxygen atoms in total. The summed E-state index contributed by atoms with van der Waals surface area (Å²) in [7, 11) is 0. The molecular formula is C51H33N5. The van der Waals surface area contributed by atoms with Gasteiger partial charge < -0.3 is 0 Å². The first-order valence-corrected chi connectivity index (χ1v) is 18.6.